The monoisotopic (exact) mass is 262 g/mol. The lowest BCUT2D eigenvalue weighted by Gasteiger charge is -2.11. The van der Waals surface area contributed by atoms with Crippen LogP contribution in [0.25, 0.3) is 0 Å². The average molecular weight is 262 g/mol. The molecule has 5 heteroatoms. The molecule has 0 atom stereocenters. The van der Waals surface area contributed by atoms with E-state index in [0.717, 1.165) is 5.56 Å². The van der Waals surface area contributed by atoms with Gasteiger partial charge in [0.2, 0.25) is 0 Å². The Labute approximate surface area is 110 Å². The van der Waals surface area contributed by atoms with Gasteiger partial charge in [0.15, 0.2) is 11.5 Å². The van der Waals surface area contributed by atoms with Crippen molar-refractivity contribution in [3.63, 3.8) is 0 Å². The summed E-state index contributed by atoms with van der Waals surface area (Å²) in [5, 5.41) is 9.04. The van der Waals surface area contributed by atoms with Crippen LogP contribution in [0.15, 0.2) is 34.9 Å². The fourth-order valence-corrected chi connectivity index (χ4v) is 1.93. The number of carboxylic acids is 1. The first kappa shape index (κ1) is 13.0. The molecule has 19 heavy (non-hydrogen) atoms. The topological polar surface area (TPSA) is 68.9 Å². The zero-order chi connectivity index (χ0) is 13.8. The maximum absolute atomic E-state index is 11.0. The van der Waals surface area contributed by atoms with Crippen molar-refractivity contribution < 1.29 is 23.8 Å². The molecule has 2 aromatic rings. The molecule has 0 amide bonds. The number of methoxy groups -OCH3 is 2. The predicted octanol–water partition coefficient (Wildman–Crippen LogP) is 2.59. The molecule has 0 aliphatic carbocycles. The Bertz CT molecular complexity index is 585. The Balaban J connectivity index is 2.38. The molecule has 1 aromatic heterocycles. The molecule has 100 valence electrons. The predicted molar refractivity (Wildman–Crippen MR) is 68.0 cm³/mol. The largest absolute Gasteiger partial charge is 0.493 e. The van der Waals surface area contributed by atoms with Crippen molar-refractivity contribution in [3.8, 4) is 11.5 Å². The van der Waals surface area contributed by atoms with E-state index in [-0.39, 0.29) is 5.56 Å². The highest BCUT2D eigenvalue weighted by atomic mass is 16.5. The highest BCUT2D eigenvalue weighted by Gasteiger charge is 2.17. The van der Waals surface area contributed by atoms with E-state index in [2.05, 4.69) is 0 Å². The second kappa shape index (κ2) is 5.48. The van der Waals surface area contributed by atoms with Crippen molar-refractivity contribution >= 4 is 5.97 Å². The standard InChI is InChI=1S/C14H14O5/c1-17-11-5-3-4-9(13(11)18-2)8-12-10(14(15)16)6-7-19-12/h3-7H,8H2,1-2H3,(H,15,16). The summed E-state index contributed by atoms with van der Waals surface area (Å²) in [6.07, 6.45) is 1.69. The smallest absolute Gasteiger partial charge is 0.339 e. The third-order valence-electron chi connectivity index (χ3n) is 2.81. The van der Waals surface area contributed by atoms with Crippen molar-refractivity contribution in [2.75, 3.05) is 14.2 Å². The van der Waals surface area contributed by atoms with Crippen molar-refractivity contribution in [2.24, 2.45) is 0 Å². The molecule has 0 aliphatic heterocycles. The van der Waals surface area contributed by atoms with Crippen molar-refractivity contribution in [3.05, 3.63) is 47.4 Å². The minimum absolute atomic E-state index is 0.157. The van der Waals surface area contributed by atoms with Crippen LogP contribution in [-0.4, -0.2) is 25.3 Å². The zero-order valence-corrected chi connectivity index (χ0v) is 10.7. The van der Waals surface area contributed by atoms with Gasteiger partial charge in [-0.25, -0.2) is 4.79 Å². The molecule has 1 aromatic carbocycles. The first-order valence-corrected chi connectivity index (χ1v) is 5.67. The second-order valence-corrected chi connectivity index (χ2v) is 3.89. The molecule has 5 nitrogen and oxygen atoms in total. The number of furan rings is 1. The Morgan fingerprint density at radius 3 is 2.68 bits per heavy atom. The van der Waals surface area contributed by atoms with Gasteiger partial charge in [0.25, 0.3) is 0 Å². The van der Waals surface area contributed by atoms with Gasteiger partial charge in [-0.1, -0.05) is 12.1 Å². The van der Waals surface area contributed by atoms with Crippen LogP contribution in [0.4, 0.5) is 0 Å². The molecule has 0 saturated heterocycles. The van der Waals surface area contributed by atoms with Crippen LogP contribution in [0.3, 0.4) is 0 Å². The minimum Gasteiger partial charge on any atom is -0.493 e. The van der Waals surface area contributed by atoms with Gasteiger partial charge in [-0.2, -0.15) is 0 Å². The van der Waals surface area contributed by atoms with Gasteiger partial charge in [-0.15, -0.1) is 0 Å². The van der Waals surface area contributed by atoms with E-state index >= 15 is 0 Å². The van der Waals surface area contributed by atoms with Gasteiger partial charge >= 0.3 is 5.97 Å². The van der Waals surface area contributed by atoms with E-state index in [1.807, 2.05) is 12.1 Å². The molecule has 0 radical (unpaired) electrons. The number of carbonyl (C=O) groups is 1. The maximum Gasteiger partial charge on any atom is 0.339 e. The van der Waals surface area contributed by atoms with Gasteiger partial charge in [0.1, 0.15) is 11.3 Å². The first-order chi connectivity index (χ1) is 9.17. The molecular weight excluding hydrogens is 248 g/mol. The van der Waals surface area contributed by atoms with Crippen LogP contribution < -0.4 is 9.47 Å². The third kappa shape index (κ3) is 2.54. The zero-order valence-electron chi connectivity index (χ0n) is 10.7. The van der Waals surface area contributed by atoms with E-state index in [0.29, 0.717) is 23.7 Å². The number of para-hydroxylation sites is 1. The highest BCUT2D eigenvalue weighted by Crippen LogP contribution is 2.32. The van der Waals surface area contributed by atoms with E-state index in [1.165, 1.54) is 12.3 Å². The van der Waals surface area contributed by atoms with E-state index in [4.69, 9.17) is 19.0 Å². The lowest BCUT2D eigenvalue weighted by Crippen LogP contribution is -2.01. The van der Waals surface area contributed by atoms with Crippen LogP contribution in [0.2, 0.25) is 0 Å². The molecular formula is C14H14O5. The summed E-state index contributed by atoms with van der Waals surface area (Å²) in [7, 11) is 3.10. The Hall–Kier alpha value is -2.43. The number of benzene rings is 1. The average Bonchev–Trinajstić information content (AvgIpc) is 2.86. The van der Waals surface area contributed by atoms with Gasteiger partial charge in [0.05, 0.1) is 20.5 Å². The molecule has 0 aliphatic rings. The van der Waals surface area contributed by atoms with Crippen molar-refractivity contribution in [1.82, 2.24) is 0 Å². The number of hydrogen-bond donors (Lipinski definition) is 1. The summed E-state index contributed by atoms with van der Waals surface area (Å²) in [5.74, 6) is 0.561. The molecule has 0 spiro atoms. The van der Waals surface area contributed by atoms with Crippen molar-refractivity contribution in [1.29, 1.82) is 0 Å². The molecule has 0 fully saturated rings. The van der Waals surface area contributed by atoms with Gasteiger partial charge in [-0.3, -0.25) is 0 Å². The summed E-state index contributed by atoms with van der Waals surface area (Å²) < 4.78 is 15.7. The SMILES string of the molecule is COc1cccc(Cc2occc2C(=O)O)c1OC. The fraction of sp³-hybridized carbons (Fsp3) is 0.214. The summed E-state index contributed by atoms with van der Waals surface area (Å²) in [6.45, 7) is 0. The number of aromatic carboxylic acids is 1. The molecule has 1 heterocycles. The van der Waals surface area contributed by atoms with Crippen LogP contribution >= 0.6 is 0 Å². The van der Waals surface area contributed by atoms with Crippen molar-refractivity contribution in [2.45, 2.75) is 6.42 Å². The highest BCUT2D eigenvalue weighted by molar-refractivity contribution is 5.88. The summed E-state index contributed by atoms with van der Waals surface area (Å²) >= 11 is 0. The summed E-state index contributed by atoms with van der Waals surface area (Å²) in [4.78, 5) is 11.0. The number of ether oxygens (including phenoxy) is 2. The maximum atomic E-state index is 11.0. The molecule has 0 unspecified atom stereocenters. The van der Waals surface area contributed by atoms with Crippen LogP contribution in [0.5, 0.6) is 11.5 Å². The van der Waals surface area contributed by atoms with E-state index in [9.17, 15) is 4.79 Å². The number of carboxylic acid groups (broad SMARTS) is 1. The van der Waals surface area contributed by atoms with E-state index < -0.39 is 5.97 Å². The van der Waals surface area contributed by atoms with Crippen LogP contribution in [-0.2, 0) is 6.42 Å². The number of rotatable bonds is 5. The Morgan fingerprint density at radius 2 is 2.05 bits per heavy atom. The van der Waals surface area contributed by atoms with Crippen LogP contribution in [0.1, 0.15) is 21.7 Å². The lowest BCUT2D eigenvalue weighted by atomic mass is 10.1. The first-order valence-electron chi connectivity index (χ1n) is 5.67. The molecule has 0 saturated carbocycles. The normalized spacial score (nSPS) is 10.2. The van der Waals surface area contributed by atoms with Gasteiger partial charge in [0, 0.05) is 12.0 Å². The minimum atomic E-state index is -1.01. The summed E-state index contributed by atoms with van der Waals surface area (Å²) in [6, 6.07) is 6.88. The summed E-state index contributed by atoms with van der Waals surface area (Å²) in [5.41, 5.74) is 0.962. The second-order valence-electron chi connectivity index (χ2n) is 3.89. The van der Waals surface area contributed by atoms with E-state index in [1.54, 1.807) is 20.3 Å². The van der Waals surface area contributed by atoms with Crippen LogP contribution in [0, 0.1) is 0 Å². The quantitative estimate of drug-likeness (QED) is 0.896. The third-order valence-corrected chi connectivity index (χ3v) is 2.81. The number of hydrogen-bond acceptors (Lipinski definition) is 4. The molecule has 0 bridgehead atoms. The molecule has 1 N–H and O–H groups in total. The van der Waals surface area contributed by atoms with Gasteiger partial charge < -0.3 is 19.0 Å². The fourth-order valence-electron chi connectivity index (χ4n) is 1.93. The Morgan fingerprint density at radius 1 is 1.26 bits per heavy atom. The Kier molecular flexibility index (Phi) is 3.75. The lowest BCUT2D eigenvalue weighted by molar-refractivity contribution is 0.0694. The molecule has 2 rings (SSSR count). The van der Waals surface area contributed by atoms with Gasteiger partial charge in [-0.05, 0) is 12.1 Å².